The summed E-state index contributed by atoms with van der Waals surface area (Å²) in [5.74, 6) is -0.241. The van der Waals surface area contributed by atoms with E-state index >= 15 is 0 Å². The van der Waals surface area contributed by atoms with Crippen LogP contribution in [0.3, 0.4) is 0 Å². The quantitative estimate of drug-likeness (QED) is 0.800. The van der Waals surface area contributed by atoms with Crippen LogP contribution < -0.4 is 10.6 Å². The molecule has 0 radical (unpaired) electrons. The van der Waals surface area contributed by atoms with Gasteiger partial charge in [0.15, 0.2) is 9.84 Å². The molecule has 1 aliphatic heterocycles. The van der Waals surface area contributed by atoms with Gasteiger partial charge in [-0.3, -0.25) is 4.79 Å². The molecular weight excluding hydrogens is 288 g/mol. The summed E-state index contributed by atoms with van der Waals surface area (Å²) in [6, 6.07) is 6.11. The minimum atomic E-state index is -3.29. The average molecular weight is 308 g/mol. The zero-order valence-electron chi connectivity index (χ0n) is 12.1. The van der Waals surface area contributed by atoms with Crippen molar-refractivity contribution in [2.45, 2.75) is 17.7 Å². The molecule has 21 heavy (non-hydrogen) atoms. The predicted molar refractivity (Wildman–Crippen MR) is 82.1 cm³/mol. The van der Waals surface area contributed by atoms with E-state index in [-0.39, 0.29) is 10.8 Å². The number of hydrogen-bond acceptors (Lipinski definition) is 4. The average Bonchev–Trinajstić information content (AvgIpc) is 2.47. The van der Waals surface area contributed by atoms with Crippen LogP contribution in [-0.2, 0) is 9.84 Å². The zero-order chi connectivity index (χ0) is 15.3. The Morgan fingerprint density at radius 1 is 1.38 bits per heavy atom. The van der Waals surface area contributed by atoms with Crippen LogP contribution in [0.15, 0.2) is 40.8 Å². The molecule has 6 heteroatoms. The molecule has 0 aliphatic carbocycles. The van der Waals surface area contributed by atoms with Crippen LogP contribution in [0.25, 0.3) is 0 Å². The lowest BCUT2D eigenvalue weighted by Crippen LogP contribution is -2.26. The highest BCUT2D eigenvalue weighted by atomic mass is 32.2. The number of benzene rings is 1. The summed E-state index contributed by atoms with van der Waals surface area (Å²) in [4.78, 5) is 12.2. The van der Waals surface area contributed by atoms with E-state index in [0.29, 0.717) is 12.1 Å². The molecule has 0 unspecified atom stereocenters. The van der Waals surface area contributed by atoms with Gasteiger partial charge in [-0.05, 0) is 37.6 Å². The second-order valence-electron chi connectivity index (χ2n) is 5.12. The van der Waals surface area contributed by atoms with Gasteiger partial charge in [-0.15, -0.1) is 0 Å². The van der Waals surface area contributed by atoms with Crippen molar-refractivity contribution >= 4 is 15.7 Å². The fourth-order valence-electron chi connectivity index (χ4n) is 2.20. The molecule has 114 valence electrons. The first-order chi connectivity index (χ1) is 9.97. The monoisotopic (exact) mass is 308 g/mol. The maximum Gasteiger partial charge on any atom is 0.251 e. The van der Waals surface area contributed by atoms with E-state index < -0.39 is 9.84 Å². The summed E-state index contributed by atoms with van der Waals surface area (Å²) in [7, 11) is -3.29. The number of nitrogens with one attached hydrogen (secondary N) is 2. The highest BCUT2D eigenvalue weighted by Crippen LogP contribution is 2.12. The summed E-state index contributed by atoms with van der Waals surface area (Å²) in [5.41, 5.74) is 1.72. The Kier molecular flexibility index (Phi) is 5.14. The molecule has 1 aliphatic rings. The SMILES string of the molecule is CS(=O)(=O)c1cccc(C(=O)NCCC2=CCNCC2)c1. The number of sulfone groups is 1. The Bertz CT molecular complexity index is 651. The van der Waals surface area contributed by atoms with Gasteiger partial charge in [0.1, 0.15) is 0 Å². The zero-order valence-corrected chi connectivity index (χ0v) is 12.9. The highest BCUT2D eigenvalue weighted by Gasteiger charge is 2.11. The van der Waals surface area contributed by atoms with Gasteiger partial charge in [-0.1, -0.05) is 17.7 Å². The van der Waals surface area contributed by atoms with E-state index in [0.717, 1.165) is 32.2 Å². The first-order valence-corrected chi connectivity index (χ1v) is 8.83. The minimum absolute atomic E-state index is 0.163. The molecule has 0 bridgehead atoms. The third kappa shape index (κ3) is 4.68. The standard InChI is InChI=1S/C15H20N2O3S/c1-21(19,20)14-4-2-3-13(11-14)15(18)17-10-7-12-5-8-16-9-6-12/h2-5,11,16H,6-10H2,1H3,(H,17,18). The van der Waals surface area contributed by atoms with Crippen LogP contribution >= 0.6 is 0 Å². The molecule has 0 saturated carbocycles. The second kappa shape index (κ2) is 6.87. The Morgan fingerprint density at radius 3 is 2.86 bits per heavy atom. The van der Waals surface area contributed by atoms with Crippen LogP contribution in [0.2, 0.25) is 0 Å². The van der Waals surface area contributed by atoms with Crippen molar-refractivity contribution in [3.8, 4) is 0 Å². The summed E-state index contributed by atoms with van der Waals surface area (Å²) >= 11 is 0. The van der Waals surface area contributed by atoms with Crippen molar-refractivity contribution in [3.05, 3.63) is 41.5 Å². The molecule has 0 aromatic heterocycles. The third-order valence-corrected chi connectivity index (χ3v) is 4.52. The topological polar surface area (TPSA) is 75.3 Å². The predicted octanol–water partition coefficient (Wildman–Crippen LogP) is 1.13. The van der Waals surface area contributed by atoms with E-state index in [4.69, 9.17) is 0 Å². The molecule has 5 nitrogen and oxygen atoms in total. The van der Waals surface area contributed by atoms with E-state index in [1.165, 1.54) is 17.7 Å². The van der Waals surface area contributed by atoms with E-state index in [2.05, 4.69) is 16.7 Å². The molecule has 1 amide bonds. The van der Waals surface area contributed by atoms with Crippen molar-refractivity contribution in [1.29, 1.82) is 0 Å². The van der Waals surface area contributed by atoms with E-state index in [1.54, 1.807) is 12.1 Å². The third-order valence-electron chi connectivity index (χ3n) is 3.41. The molecule has 0 spiro atoms. The lowest BCUT2D eigenvalue weighted by Gasteiger charge is -2.14. The highest BCUT2D eigenvalue weighted by molar-refractivity contribution is 7.90. The van der Waals surface area contributed by atoms with Gasteiger partial charge in [0.2, 0.25) is 0 Å². The fourth-order valence-corrected chi connectivity index (χ4v) is 2.87. The van der Waals surface area contributed by atoms with Crippen LogP contribution in [-0.4, -0.2) is 40.2 Å². The van der Waals surface area contributed by atoms with Gasteiger partial charge in [0.25, 0.3) is 5.91 Å². The molecule has 0 saturated heterocycles. The molecular formula is C15H20N2O3S. The summed E-state index contributed by atoms with van der Waals surface area (Å²) in [6.07, 6.45) is 5.13. The number of carbonyl (C=O) groups is 1. The lowest BCUT2D eigenvalue weighted by atomic mass is 10.1. The van der Waals surface area contributed by atoms with Gasteiger partial charge >= 0.3 is 0 Å². The molecule has 1 aromatic carbocycles. The van der Waals surface area contributed by atoms with E-state index in [1.807, 2.05) is 0 Å². The normalized spacial score (nSPS) is 15.4. The van der Waals surface area contributed by atoms with Crippen molar-refractivity contribution in [1.82, 2.24) is 10.6 Å². The minimum Gasteiger partial charge on any atom is -0.352 e. The first-order valence-electron chi connectivity index (χ1n) is 6.94. The van der Waals surface area contributed by atoms with Crippen LogP contribution in [0.4, 0.5) is 0 Å². The molecule has 1 aromatic rings. The number of amides is 1. The summed E-state index contributed by atoms with van der Waals surface area (Å²) in [5, 5.41) is 6.07. The maximum absolute atomic E-state index is 12.0. The number of carbonyl (C=O) groups excluding carboxylic acids is 1. The summed E-state index contributed by atoms with van der Waals surface area (Å²) < 4.78 is 23.0. The van der Waals surface area contributed by atoms with Gasteiger partial charge in [0.05, 0.1) is 4.90 Å². The number of rotatable bonds is 5. The maximum atomic E-state index is 12.0. The smallest absolute Gasteiger partial charge is 0.251 e. The molecule has 2 N–H and O–H groups in total. The molecule has 0 atom stereocenters. The molecule has 0 fully saturated rings. The van der Waals surface area contributed by atoms with E-state index in [9.17, 15) is 13.2 Å². The second-order valence-corrected chi connectivity index (χ2v) is 7.14. The van der Waals surface area contributed by atoms with Crippen LogP contribution in [0, 0.1) is 0 Å². The largest absolute Gasteiger partial charge is 0.352 e. The Labute approximate surface area is 125 Å². The first kappa shape index (κ1) is 15.7. The Balaban J connectivity index is 1.93. The fraction of sp³-hybridized carbons (Fsp3) is 0.400. The van der Waals surface area contributed by atoms with Crippen LogP contribution in [0.5, 0.6) is 0 Å². The van der Waals surface area contributed by atoms with Crippen LogP contribution in [0.1, 0.15) is 23.2 Å². The van der Waals surface area contributed by atoms with Crippen molar-refractivity contribution in [2.24, 2.45) is 0 Å². The number of hydrogen-bond donors (Lipinski definition) is 2. The molecule has 1 heterocycles. The van der Waals surface area contributed by atoms with Crippen molar-refractivity contribution in [3.63, 3.8) is 0 Å². The van der Waals surface area contributed by atoms with Gasteiger partial charge in [-0.25, -0.2) is 8.42 Å². The summed E-state index contributed by atoms with van der Waals surface area (Å²) in [6.45, 7) is 2.43. The van der Waals surface area contributed by atoms with Gasteiger partial charge in [0, 0.05) is 24.9 Å². The van der Waals surface area contributed by atoms with Crippen molar-refractivity contribution in [2.75, 3.05) is 25.9 Å². The van der Waals surface area contributed by atoms with Gasteiger partial charge < -0.3 is 10.6 Å². The Hall–Kier alpha value is -1.66. The van der Waals surface area contributed by atoms with Gasteiger partial charge in [-0.2, -0.15) is 0 Å². The lowest BCUT2D eigenvalue weighted by molar-refractivity contribution is 0.0954. The molecule has 2 rings (SSSR count). The van der Waals surface area contributed by atoms with Crippen molar-refractivity contribution < 1.29 is 13.2 Å². The Morgan fingerprint density at radius 2 is 2.19 bits per heavy atom.